The third-order valence-electron chi connectivity index (χ3n) is 5.96. The zero-order chi connectivity index (χ0) is 28.0. The Bertz CT molecular complexity index is 1410. The normalized spacial score (nSPS) is 11.6. The van der Waals surface area contributed by atoms with E-state index in [-0.39, 0.29) is 12.5 Å². The predicted octanol–water partition coefficient (Wildman–Crippen LogP) is 6.00. The van der Waals surface area contributed by atoms with E-state index in [1.54, 1.807) is 14.2 Å². The van der Waals surface area contributed by atoms with Gasteiger partial charge in [0.1, 0.15) is 11.4 Å². The number of methoxy groups -OCH3 is 2. The van der Waals surface area contributed by atoms with Crippen LogP contribution in [0, 0.1) is 0 Å². The van der Waals surface area contributed by atoms with Gasteiger partial charge in [-0.15, -0.1) is 0 Å². The molecular formula is C31H35N3O5. The summed E-state index contributed by atoms with van der Waals surface area (Å²) in [7, 11) is 5.22. The second-order valence-electron chi connectivity index (χ2n) is 10.4. The Balaban J connectivity index is 1.48. The molecule has 8 heteroatoms. The highest BCUT2D eigenvalue weighted by molar-refractivity contribution is 5.76. The van der Waals surface area contributed by atoms with Gasteiger partial charge < -0.3 is 18.7 Å². The molecule has 1 heterocycles. The number of para-hydroxylation sites is 1. The molecule has 0 aliphatic rings. The summed E-state index contributed by atoms with van der Waals surface area (Å²) in [5, 5.41) is 4.20. The van der Waals surface area contributed by atoms with Crippen LogP contribution in [0.3, 0.4) is 0 Å². The molecule has 0 radical (unpaired) electrons. The minimum atomic E-state index is -0.494. The van der Waals surface area contributed by atoms with E-state index in [0.717, 1.165) is 39.1 Å². The third-order valence-corrected chi connectivity index (χ3v) is 5.96. The fraction of sp³-hybridized carbons (Fsp3) is 0.323. The average molecular weight is 530 g/mol. The predicted molar refractivity (Wildman–Crippen MR) is 150 cm³/mol. The van der Waals surface area contributed by atoms with Crippen LogP contribution in [0.4, 0.5) is 0 Å². The fourth-order valence-corrected chi connectivity index (χ4v) is 4.31. The van der Waals surface area contributed by atoms with E-state index >= 15 is 0 Å². The first kappa shape index (κ1) is 28.0. The molecule has 0 spiro atoms. The number of nitrogens with zero attached hydrogens (tertiary/aromatic N) is 3. The summed E-state index contributed by atoms with van der Waals surface area (Å²) >= 11 is 0. The summed E-state index contributed by atoms with van der Waals surface area (Å²) in [5.41, 5.74) is 5.20. The van der Waals surface area contributed by atoms with Crippen LogP contribution >= 0.6 is 0 Å². The number of likely N-dealkylation sites (N-methyl/N-ethyl adjacent to an activating group) is 1. The molecule has 0 atom stereocenters. The summed E-state index contributed by atoms with van der Waals surface area (Å²) in [5.74, 6) is 1.48. The SMILES string of the molecule is COCc1cc(-c2nc(-c3ccc(CN(C)CC(=O)OC(C)(C)C)cc3)no2)ccc1-c1ccccc1OC. The van der Waals surface area contributed by atoms with Crippen LogP contribution < -0.4 is 4.74 Å². The molecule has 0 fully saturated rings. The van der Waals surface area contributed by atoms with Crippen molar-refractivity contribution < 1.29 is 23.5 Å². The van der Waals surface area contributed by atoms with Crippen molar-refractivity contribution in [1.29, 1.82) is 0 Å². The number of carbonyl (C=O) groups excluding carboxylic acids is 1. The maximum atomic E-state index is 12.1. The lowest BCUT2D eigenvalue weighted by molar-refractivity contribution is -0.155. The van der Waals surface area contributed by atoms with Gasteiger partial charge in [-0.25, -0.2) is 0 Å². The van der Waals surface area contributed by atoms with E-state index in [4.69, 9.17) is 18.7 Å². The number of ether oxygens (including phenoxy) is 3. The summed E-state index contributed by atoms with van der Waals surface area (Å²) in [6, 6.07) is 21.8. The van der Waals surface area contributed by atoms with Crippen LogP contribution in [0.1, 0.15) is 31.9 Å². The zero-order valence-electron chi connectivity index (χ0n) is 23.4. The van der Waals surface area contributed by atoms with Gasteiger partial charge >= 0.3 is 5.97 Å². The highest BCUT2D eigenvalue weighted by Crippen LogP contribution is 2.35. The Labute approximate surface area is 229 Å². The number of hydrogen-bond acceptors (Lipinski definition) is 8. The smallest absolute Gasteiger partial charge is 0.320 e. The van der Waals surface area contributed by atoms with Crippen molar-refractivity contribution >= 4 is 5.97 Å². The van der Waals surface area contributed by atoms with Gasteiger partial charge in [0.25, 0.3) is 5.89 Å². The van der Waals surface area contributed by atoms with E-state index in [9.17, 15) is 4.79 Å². The first-order chi connectivity index (χ1) is 18.7. The van der Waals surface area contributed by atoms with Gasteiger partial charge in [0.2, 0.25) is 5.82 Å². The van der Waals surface area contributed by atoms with Crippen molar-refractivity contribution in [2.24, 2.45) is 0 Å². The number of rotatable bonds is 10. The Morgan fingerprint density at radius 1 is 0.949 bits per heavy atom. The van der Waals surface area contributed by atoms with Gasteiger partial charge in [-0.1, -0.05) is 53.7 Å². The first-order valence-corrected chi connectivity index (χ1v) is 12.8. The molecule has 0 unspecified atom stereocenters. The van der Waals surface area contributed by atoms with Crippen LogP contribution in [0.2, 0.25) is 0 Å². The second-order valence-corrected chi connectivity index (χ2v) is 10.4. The van der Waals surface area contributed by atoms with Gasteiger partial charge in [0.15, 0.2) is 0 Å². The number of carbonyl (C=O) groups is 1. The molecule has 0 N–H and O–H groups in total. The lowest BCUT2D eigenvalue weighted by atomic mass is 9.97. The molecule has 4 rings (SSSR count). The number of esters is 1. The summed E-state index contributed by atoms with van der Waals surface area (Å²) < 4.78 is 22.1. The summed E-state index contributed by atoms with van der Waals surface area (Å²) in [6.07, 6.45) is 0. The molecule has 0 saturated heterocycles. The second kappa shape index (κ2) is 12.2. The molecule has 0 aliphatic carbocycles. The highest BCUT2D eigenvalue weighted by atomic mass is 16.6. The molecule has 204 valence electrons. The largest absolute Gasteiger partial charge is 0.496 e. The van der Waals surface area contributed by atoms with Crippen LogP contribution in [0.15, 0.2) is 71.3 Å². The van der Waals surface area contributed by atoms with Gasteiger partial charge in [0.05, 0.1) is 20.3 Å². The molecule has 3 aromatic carbocycles. The van der Waals surface area contributed by atoms with Crippen molar-refractivity contribution in [2.75, 3.05) is 27.8 Å². The monoisotopic (exact) mass is 529 g/mol. The van der Waals surface area contributed by atoms with Crippen molar-refractivity contribution in [1.82, 2.24) is 15.0 Å². The van der Waals surface area contributed by atoms with Crippen molar-refractivity contribution in [3.63, 3.8) is 0 Å². The van der Waals surface area contributed by atoms with Crippen LogP contribution in [-0.4, -0.2) is 54.4 Å². The van der Waals surface area contributed by atoms with Gasteiger partial charge in [-0.05, 0) is 62.7 Å². The summed E-state index contributed by atoms with van der Waals surface area (Å²) in [6.45, 7) is 6.84. The molecular weight excluding hydrogens is 494 g/mol. The topological polar surface area (TPSA) is 86.9 Å². The zero-order valence-corrected chi connectivity index (χ0v) is 23.4. The Hall–Kier alpha value is -4.01. The maximum absolute atomic E-state index is 12.1. The molecule has 0 saturated carbocycles. The molecule has 1 aromatic heterocycles. The standard InChI is InChI=1S/C31H35N3O5/c1-31(2,3)38-28(35)19-34(4)18-21-11-13-22(14-12-21)29-32-30(39-33-29)23-15-16-25(24(17-23)20-36-5)26-9-7-8-10-27(26)37-6/h7-17H,18-20H2,1-6H3. The lowest BCUT2D eigenvalue weighted by Crippen LogP contribution is -2.32. The van der Waals surface area contributed by atoms with Crippen LogP contribution in [0.5, 0.6) is 5.75 Å². The van der Waals surface area contributed by atoms with E-state index in [1.807, 2.05) is 99.4 Å². The van der Waals surface area contributed by atoms with Crippen molar-refractivity contribution in [3.8, 4) is 39.7 Å². The minimum Gasteiger partial charge on any atom is -0.496 e. The minimum absolute atomic E-state index is 0.216. The van der Waals surface area contributed by atoms with Gasteiger partial charge in [0, 0.05) is 30.3 Å². The average Bonchev–Trinajstić information content (AvgIpc) is 3.38. The molecule has 0 bridgehead atoms. The molecule has 0 aliphatic heterocycles. The third kappa shape index (κ3) is 7.31. The lowest BCUT2D eigenvalue weighted by Gasteiger charge is -2.22. The van der Waals surface area contributed by atoms with E-state index in [0.29, 0.717) is 24.9 Å². The molecule has 39 heavy (non-hydrogen) atoms. The van der Waals surface area contributed by atoms with Crippen LogP contribution in [0.25, 0.3) is 34.0 Å². The van der Waals surface area contributed by atoms with Gasteiger partial charge in [-0.2, -0.15) is 4.98 Å². The van der Waals surface area contributed by atoms with Crippen molar-refractivity contribution in [3.05, 3.63) is 77.9 Å². The first-order valence-electron chi connectivity index (χ1n) is 12.8. The Kier molecular flexibility index (Phi) is 8.79. The van der Waals surface area contributed by atoms with E-state index < -0.39 is 5.60 Å². The quantitative estimate of drug-likeness (QED) is 0.231. The number of hydrogen-bond donors (Lipinski definition) is 0. The Morgan fingerprint density at radius 3 is 2.36 bits per heavy atom. The van der Waals surface area contributed by atoms with E-state index in [2.05, 4.69) is 10.1 Å². The molecule has 8 nitrogen and oxygen atoms in total. The Morgan fingerprint density at radius 2 is 1.67 bits per heavy atom. The molecule has 0 amide bonds. The molecule has 4 aromatic rings. The maximum Gasteiger partial charge on any atom is 0.320 e. The summed E-state index contributed by atoms with van der Waals surface area (Å²) in [4.78, 5) is 18.6. The number of benzene rings is 3. The number of aromatic nitrogens is 2. The van der Waals surface area contributed by atoms with E-state index in [1.165, 1.54) is 0 Å². The van der Waals surface area contributed by atoms with Crippen molar-refractivity contribution in [2.45, 2.75) is 39.5 Å². The van der Waals surface area contributed by atoms with Gasteiger partial charge in [-0.3, -0.25) is 9.69 Å². The highest BCUT2D eigenvalue weighted by Gasteiger charge is 2.18. The fourth-order valence-electron chi connectivity index (χ4n) is 4.31. The van der Waals surface area contributed by atoms with Crippen LogP contribution in [-0.2, 0) is 27.4 Å².